The molecule has 0 unspecified atom stereocenters. The molecule has 2 aromatic rings. The fourth-order valence-electron chi connectivity index (χ4n) is 4.75. The van der Waals surface area contributed by atoms with E-state index in [2.05, 4.69) is 41.5 Å². The van der Waals surface area contributed by atoms with Crippen molar-refractivity contribution in [2.24, 2.45) is 10.4 Å². The van der Waals surface area contributed by atoms with Crippen LogP contribution in [0.3, 0.4) is 0 Å². The summed E-state index contributed by atoms with van der Waals surface area (Å²) < 4.78 is 14.0. The first-order valence-corrected chi connectivity index (χ1v) is 10.8. The van der Waals surface area contributed by atoms with Crippen molar-refractivity contribution >= 4 is 11.5 Å². The number of rotatable bonds is 3. The van der Waals surface area contributed by atoms with Crippen LogP contribution < -0.4 is 0 Å². The number of benzene rings is 2. The average molecular weight is 406 g/mol. The van der Waals surface area contributed by atoms with E-state index in [9.17, 15) is 9.50 Å². The highest BCUT2D eigenvalue weighted by Gasteiger charge is 2.47. The first-order chi connectivity index (χ1) is 14.4. The zero-order valence-corrected chi connectivity index (χ0v) is 17.5. The predicted octanol–water partition coefficient (Wildman–Crippen LogP) is 4.59. The minimum absolute atomic E-state index is 0.0804. The molecule has 2 aromatic carbocycles. The summed E-state index contributed by atoms with van der Waals surface area (Å²) in [6.07, 6.45) is 2.76. The van der Waals surface area contributed by atoms with Crippen molar-refractivity contribution in [2.45, 2.75) is 26.2 Å². The van der Waals surface area contributed by atoms with Crippen LogP contribution in [0.1, 0.15) is 35.1 Å². The summed E-state index contributed by atoms with van der Waals surface area (Å²) in [7, 11) is 0. The first-order valence-electron chi connectivity index (χ1n) is 10.8. The molecule has 5 heteroatoms. The van der Waals surface area contributed by atoms with Gasteiger partial charge in [-0.25, -0.2) is 9.38 Å². The van der Waals surface area contributed by atoms with Crippen LogP contribution in [0.25, 0.3) is 0 Å². The molecule has 0 amide bonds. The van der Waals surface area contributed by atoms with Gasteiger partial charge in [0.25, 0.3) is 0 Å². The Morgan fingerprint density at radius 3 is 2.57 bits per heavy atom. The van der Waals surface area contributed by atoms with Gasteiger partial charge in [-0.1, -0.05) is 24.3 Å². The van der Waals surface area contributed by atoms with Gasteiger partial charge in [0.1, 0.15) is 11.7 Å². The van der Waals surface area contributed by atoms with Gasteiger partial charge in [-0.05, 0) is 55.2 Å². The molecule has 5 rings (SSSR count). The fraction of sp³-hybridized carbons (Fsp3) is 0.400. The second-order valence-corrected chi connectivity index (χ2v) is 9.04. The number of aryl methyl sites for hydroxylation is 1. The van der Waals surface area contributed by atoms with Crippen molar-refractivity contribution in [1.82, 2.24) is 9.80 Å². The Balaban J connectivity index is 1.42. The van der Waals surface area contributed by atoms with Crippen molar-refractivity contribution in [3.8, 4) is 0 Å². The number of piperazine rings is 1. The minimum atomic E-state index is -0.201. The van der Waals surface area contributed by atoms with Gasteiger partial charge in [-0.15, -0.1) is 0 Å². The number of aliphatic hydroxyl groups is 1. The average Bonchev–Trinajstić information content (AvgIpc) is 3.51. The van der Waals surface area contributed by atoms with Gasteiger partial charge in [0.2, 0.25) is 0 Å². The highest BCUT2D eigenvalue weighted by molar-refractivity contribution is 6.02. The van der Waals surface area contributed by atoms with Crippen molar-refractivity contribution in [2.75, 3.05) is 32.7 Å². The summed E-state index contributed by atoms with van der Waals surface area (Å²) in [6.45, 7) is 10.3. The number of hydrogen-bond donors (Lipinski definition) is 1. The molecule has 0 aromatic heterocycles. The second-order valence-electron chi connectivity index (χ2n) is 9.04. The number of halogens is 1. The molecule has 1 saturated heterocycles. The molecule has 0 bridgehead atoms. The van der Waals surface area contributed by atoms with Crippen LogP contribution in [-0.2, 0) is 6.42 Å². The lowest BCUT2D eigenvalue weighted by Gasteiger charge is -2.38. The zero-order valence-electron chi connectivity index (χ0n) is 17.5. The molecule has 2 fully saturated rings. The number of aliphatic hydroxyl groups excluding tert-OH is 1. The molecule has 1 aliphatic carbocycles. The monoisotopic (exact) mass is 405 g/mol. The molecular weight excluding hydrogens is 377 g/mol. The molecule has 1 saturated carbocycles. The van der Waals surface area contributed by atoms with Crippen LogP contribution in [0.15, 0.2) is 53.7 Å². The molecule has 4 nitrogen and oxygen atoms in total. The van der Waals surface area contributed by atoms with Gasteiger partial charge in [0, 0.05) is 50.1 Å². The first kappa shape index (κ1) is 19.3. The molecule has 2 heterocycles. The Hall–Kier alpha value is -2.66. The number of amidine groups is 1. The Bertz CT molecular complexity index is 1030. The van der Waals surface area contributed by atoms with E-state index in [1.165, 1.54) is 11.6 Å². The maximum absolute atomic E-state index is 14.0. The highest BCUT2D eigenvalue weighted by atomic mass is 19.1. The smallest absolute Gasteiger partial charge is 0.136 e. The Morgan fingerprint density at radius 2 is 1.87 bits per heavy atom. The summed E-state index contributed by atoms with van der Waals surface area (Å²) in [5.74, 6) is 1.08. The largest absolute Gasteiger partial charge is 0.512 e. The minimum Gasteiger partial charge on any atom is -0.512 e. The van der Waals surface area contributed by atoms with Crippen LogP contribution in [0.4, 0.5) is 10.1 Å². The molecule has 3 aliphatic rings. The Morgan fingerprint density at radius 1 is 1.10 bits per heavy atom. The Labute approximate surface area is 177 Å². The number of aliphatic imine (C=N–C) groups is 1. The third kappa shape index (κ3) is 3.52. The molecular formula is C25H28FN3O. The predicted molar refractivity (Wildman–Crippen MR) is 118 cm³/mol. The van der Waals surface area contributed by atoms with E-state index in [0.29, 0.717) is 12.2 Å². The number of hydrogen-bond acceptors (Lipinski definition) is 4. The Kier molecular flexibility index (Phi) is 4.66. The van der Waals surface area contributed by atoms with Crippen LogP contribution in [0.2, 0.25) is 0 Å². The summed E-state index contributed by atoms with van der Waals surface area (Å²) in [5.41, 5.74) is 5.26. The molecule has 2 aliphatic heterocycles. The molecule has 0 spiro atoms. The van der Waals surface area contributed by atoms with Gasteiger partial charge in [0.05, 0.1) is 11.4 Å². The fourth-order valence-corrected chi connectivity index (χ4v) is 4.75. The number of nitrogens with zero attached hydrogens (tertiary/aromatic N) is 3. The topological polar surface area (TPSA) is 39.1 Å². The van der Waals surface area contributed by atoms with Crippen LogP contribution >= 0.6 is 0 Å². The quantitative estimate of drug-likeness (QED) is 0.760. The van der Waals surface area contributed by atoms with Crippen molar-refractivity contribution < 1.29 is 9.50 Å². The van der Waals surface area contributed by atoms with Gasteiger partial charge >= 0.3 is 0 Å². The molecule has 0 radical (unpaired) electrons. The second kappa shape index (κ2) is 7.24. The van der Waals surface area contributed by atoms with Crippen LogP contribution in [-0.4, -0.2) is 53.5 Å². The van der Waals surface area contributed by atoms with Crippen LogP contribution in [0.5, 0.6) is 0 Å². The standard InChI is InChI=1S/C25H28FN3O/c1-17-3-6-23-20(13-17)14-19-15-21(26)4-5-22(19)24(27-23)29-11-9-28(10-12-29)16-25(7-8-25)18(2)30/h3-6,13,15,30H,2,7-12,14,16H2,1H3. The SMILES string of the molecule is C=C(O)C1(CN2CCN(C3=Nc4ccc(C)cc4Cc4cc(F)ccc43)CC2)CC1. The molecule has 0 atom stereocenters. The van der Waals surface area contributed by atoms with Crippen molar-refractivity contribution in [1.29, 1.82) is 0 Å². The summed E-state index contributed by atoms with van der Waals surface area (Å²) in [5, 5.41) is 9.92. The number of fused-ring (bicyclic) bond motifs is 2. The van der Waals surface area contributed by atoms with E-state index in [-0.39, 0.29) is 11.2 Å². The van der Waals surface area contributed by atoms with Crippen molar-refractivity contribution in [3.05, 3.63) is 76.8 Å². The van der Waals surface area contributed by atoms with E-state index in [0.717, 1.165) is 73.8 Å². The van der Waals surface area contributed by atoms with Gasteiger partial charge in [0.15, 0.2) is 0 Å². The maximum atomic E-state index is 14.0. The molecule has 1 N–H and O–H groups in total. The lowest BCUT2D eigenvalue weighted by Crippen LogP contribution is -2.50. The third-order valence-electron chi connectivity index (χ3n) is 6.81. The molecule has 30 heavy (non-hydrogen) atoms. The van der Waals surface area contributed by atoms with Gasteiger partial charge < -0.3 is 10.0 Å². The van der Waals surface area contributed by atoms with Gasteiger partial charge in [-0.3, -0.25) is 4.90 Å². The highest BCUT2D eigenvalue weighted by Crippen LogP contribution is 2.50. The summed E-state index contributed by atoms with van der Waals surface area (Å²) in [6, 6.07) is 11.4. The molecule has 156 valence electrons. The lowest BCUT2D eigenvalue weighted by molar-refractivity contribution is 0.146. The van der Waals surface area contributed by atoms with Gasteiger partial charge in [-0.2, -0.15) is 0 Å². The van der Waals surface area contributed by atoms with E-state index in [1.54, 1.807) is 6.07 Å². The maximum Gasteiger partial charge on any atom is 0.136 e. The third-order valence-corrected chi connectivity index (χ3v) is 6.81. The zero-order chi connectivity index (χ0) is 20.9. The van der Waals surface area contributed by atoms with E-state index >= 15 is 0 Å². The summed E-state index contributed by atoms with van der Waals surface area (Å²) in [4.78, 5) is 9.81. The normalized spacial score (nSPS) is 20.1. The van der Waals surface area contributed by atoms with Crippen LogP contribution in [0, 0.1) is 18.2 Å². The van der Waals surface area contributed by atoms with E-state index in [4.69, 9.17) is 4.99 Å². The van der Waals surface area contributed by atoms with Crippen molar-refractivity contribution in [3.63, 3.8) is 0 Å². The van der Waals surface area contributed by atoms with E-state index in [1.807, 2.05) is 6.07 Å². The van der Waals surface area contributed by atoms with E-state index < -0.39 is 0 Å². The summed E-state index contributed by atoms with van der Waals surface area (Å²) >= 11 is 0. The lowest BCUT2D eigenvalue weighted by atomic mass is 9.98.